The van der Waals surface area contributed by atoms with E-state index in [1.54, 1.807) is 24.3 Å². The number of rotatable bonds is 5. The summed E-state index contributed by atoms with van der Waals surface area (Å²) in [5.74, 6) is -0.949. The third kappa shape index (κ3) is 3.93. The van der Waals surface area contributed by atoms with Gasteiger partial charge in [0.1, 0.15) is 5.82 Å². The number of fused-ring (bicyclic) bond motifs is 1. The van der Waals surface area contributed by atoms with Crippen molar-refractivity contribution in [2.24, 2.45) is 0 Å². The van der Waals surface area contributed by atoms with E-state index in [1.165, 1.54) is 18.2 Å². The Balaban J connectivity index is 1.29. The van der Waals surface area contributed by atoms with Gasteiger partial charge in [-0.2, -0.15) is 0 Å². The van der Waals surface area contributed by atoms with Gasteiger partial charge >= 0.3 is 5.97 Å². The van der Waals surface area contributed by atoms with E-state index in [0.717, 1.165) is 25.7 Å². The second-order valence-corrected chi connectivity index (χ2v) is 6.96. The molecule has 0 unspecified atom stereocenters. The first-order valence-corrected chi connectivity index (χ1v) is 9.24. The van der Waals surface area contributed by atoms with E-state index in [-0.39, 0.29) is 12.0 Å². The smallest absolute Gasteiger partial charge is 0.310 e. The van der Waals surface area contributed by atoms with Gasteiger partial charge in [0.2, 0.25) is 0 Å². The second kappa shape index (κ2) is 7.50. The zero-order chi connectivity index (χ0) is 19.6. The fourth-order valence-electron chi connectivity index (χ4n) is 3.48. The Morgan fingerprint density at radius 3 is 2.61 bits per heavy atom. The van der Waals surface area contributed by atoms with Crippen molar-refractivity contribution >= 4 is 17.6 Å². The maximum Gasteiger partial charge on any atom is 0.310 e. The molecule has 0 atom stereocenters. The van der Waals surface area contributed by atoms with Crippen LogP contribution < -0.4 is 14.8 Å². The highest BCUT2D eigenvalue weighted by atomic mass is 19.1. The molecule has 28 heavy (non-hydrogen) atoms. The van der Waals surface area contributed by atoms with Crippen LogP contribution in [-0.4, -0.2) is 24.3 Å². The lowest BCUT2D eigenvalue weighted by molar-refractivity contribution is -0.146. The van der Waals surface area contributed by atoms with E-state index in [2.05, 4.69) is 5.32 Å². The van der Waals surface area contributed by atoms with Crippen molar-refractivity contribution in [3.63, 3.8) is 0 Å². The number of nitrogens with one attached hydrogen (secondary N) is 1. The fourth-order valence-corrected chi connectivity index (χ4v) is 3.48. The van der Waals surface area contributed by atoms with E-state index in [0.29, 0.717) is 17.2 Å². The first kappa shape index (κ1) is 18.3. The van der Waals surface area contributed by atoms with E-state index in [4.69, 9.17) is 14.2 Å². The fraction of sp³-hybridized carbons (Fsp3) is 0.333. The van der Waals surface area contributed by atoms with Gasteiger partial charge in [0, 0.05) is 24.6 Å². The quantitative estimate of drug-likeness (QED) is 0.797. The van der Waals surface area contributed by atoms with Crippen molar-refractivity contribution in [2.75, 3.05) is 11.9 Å². The van der Waals surface area contributed by atoms with Crippen molar-refractivity contribution in [1.29, 1.82) is 0 Å². The average Bonchev–Trinajstić information content (AvgIpc) is 3.27. The number of carbonyl (C=O) groups is 2. The highest BCUT2D eigenvalue weighted by Crippen LogP contribution is 2.47. The van der Waals surface area contributed by atoms with Crippen LogP contribution in [0.15, 0.2) is 42.5 Å². The molecule has 6 nitrogen and oxygen atoms in total. The van der Waals surface area contributed by atoms with Crippen LogP contribution in [0.1, 0.15) is 31.2 Å². The molecule has 1 aliphatic heterocycles. The number of hydrogen-bond donors (Lipinski definition) is 1. The topological polar surface area (TPSA) is 73.9 Å². The Morgan fingerprint density at radius 2 is 1.82 bits per heavy atom. The summed E-state index contributed by atoms with van der Waals surface area (Å²) in [5.41, 5.74) is 0.747. The van der Waals surface area contributed by atoms with Gasteiger partial charge in [0.05, 0.1) is 6.42 Å². The minimum absolute atomic E-state index is 0.226. The molecule has 0 radical (unpaired) electrons. The molecule has 1 aliphatic carbocycles. The summed E-state index contributed by atoms with van der Waals surface area (Å²) in [5, 5.41) is 2.66. The summed E-state index contributed by atoms with van der Waals surface area (Å²) in [6, 6.07) is 11.1. The predicted octanol–water partition coefficient (Wildman–Crippen LogP) is 3.59. The molecular weight excluding hydrogens is 365 g/mol. The number of benzene rings is 2. The lowest BCUT2D eigenvalue weighted by Gasteiger charge is -2.21. The molecule has 1 fully saturated rings. The molecule has 0 aromatic heterocycles. The minimum Gasteiger partial charge on any atom is -0.455 e. The molecule has 2 aromatic carbocycles. The highest BCUT2D eigenvalue weighted by molar-refractivity contribution is 5.93. The van der Waals surface area contributed by atoms with E-state index in [1.807, 2.05) is 0 Å². The van der Waals surface area contributed by atoms with Crippen molar-refractivity contribution in [2.45, 2.75) is 37.9 Å². The van der Waals surface area contributed by atoms with E-state index < -0.39 is 30.1 Å². The molecule has 1 spiro atoms. The normalized spacial score (nSPS) is 16.2. The first-order valence-electron chi connectivity index (χ1n) is 9.24. The Labute approximate surface area is 161 Å². The van der Waals surface area contributed by atoms with Crippen molar-refractivity contribution < 1.29 is 28.2 Å². The number of esters is 1. The standard InChI is InChI=1S/C21H20FNO5/c22-16-6-2-1-5-14(16)11-20(25)26-13-19(24)23-15-7-8-17-18(12-15)28-21(27-17)9-3-4-10-21/h1-2,5-8,12H,3-4,9-11,13H2,(H,23,24). The number of carbonyl (C=O) groups excluding carboxylic acids is 2. The number of hydrogen-bond acceptors (Lipinski definition) is 5. The van der Waals surface area contributed by atoms with Crippen LogP contribution in [-0.2, 0) is 20.7 Å². The Kier molecular flexibility index (Phi) is 4.90. The predicted molar refractivity (Wildman–Crippen MR) is 98.6 cm³/mol. The number of halogens is 1. The monoisotopic (exact) mass is 385 g/mol. The molecule has 2 aromatic rings. The second-order valence-electron chi connectivity index (χ2n) is 6.96. The number of ether oxygens (including phenoxy) is 3. The number of anilines is 1. The van der Waals surface area contributed by atoms with Gasteiger partial charge in [-0.1, -0.05) is 18.2 Å². The van der Waals surface area contributed by atoms with Crippen LogP contribution in [0, 0.1) is 5.82 Å². The van der Waals surface area contributed by atoms with Gasteiger partial charge in [-0.05, 0) is 36.6 Å². The van der Waals surface area contributed by atoms with Crippen LogP contribution in [0.5, 0.6) is 11.5 Å². The molecule has 1 saturated carbocycles. The summed E-state index contributed by atoms with van der Waals surface area (Å²) in [4.78, 5) is 23.9. The molecule has 1 heterocycles. The molecule has 146 valence electrons. The molecule has 7 heteroatoms. The highest BCUT2D eigenvalue weighted by Gasteiger charge is 2.44. The van der Waals surface area contributed by atoms with Crippen LogP contribution >= 0.6 is 0 Å². The summed E-state index contributed by atoms with van der Waals surface area (Å²) in [7, 11) is 0. The van der Waals surface area contributed by atoms with Gasteiger partial charge < -0.3 is 19.5 Å². The van der Waals surface area contributed by atoms with Crippen LogP contribution in [0.4, 0.5) is 10.1 Å². The van der Waals surface area contributed by atoms with Crippen LogP contribution in [0.2, 0.25) is 0 Å². The van der Waals surface area contributed by atoms with Crippen molar-refractivity contribution in [3.8, 4) is 11.5 Å². The largest absolute Gasteiger partial charge is 0.455 e. The van der Waals surface area contributed by atoms with Gasteiger partial charge in [0.25, 0.3) is 11.7 Å². The van der Waals surface area contributed by atoms with E-state index >= 15 is 0 Å². The van der Waals surface area contributed by atoms with Gasteiger partial charge in [-0.3, -0.25) is 9.59 Å². The lowest BCUT2D eigenvalue weighted by Crippen LogP contribution is -2.34. The van der Waals surface area contributed by atoms with Gasteiger partial charge in [-0.15, -0.1) is 0 Å². The zero-order valence-electron chi connectivity index (χ0n) is 15.2. The molecule has 2 aliphatic rings. The summed E-state index contributed by atoms with van der Waals surface area (Å²) in [6.45, 7) is -0.453. The molecular formula is C21H20FNO5. The molecule has 0 saturated heterocycles. The van der Waals surface area contributed by atoms with Crippen LogP contribution in [0.3, 0.4) is 0 Å². The first-order chi connectivity index (χ1) is 13.5. The van der Waals surface area contributed by atoms with Crippen molar-refractivity contribution in [1.82, 2.24) is 0 Å². The third-order valence-corrected chi connectivity index (χ3v) is 4.84. The molecule has 1 amide bonds. The Hall–Kier alpha value is -3.09. The molecule has 0 bridgehead atoms. The SMILES string of the molecule is O=C(COC(=O)Cc1ccccc1F)Nc1ccc2c(c1)OC1(CCCC1)O2. The Morgan fingerprint density at radius 1 is 1.07 bits per heavy atom. The van der Waals surface area contributed by atoms with Crippen molar-refractivity contribution in [3.05, 3.63) is 53.8 Å². The third-order valence-electron chi connectivity index (χ3n) is 4.84. The molecule has 1 N–H and O–H groups in total. The zero-order valence-corrected chi connectivity index (χ0v) is 15.2. The Bertz CT molecular complexity index is 907. The maximum atomic E-state index is 13.5. The number of amides is 1. The lowest BCUT2D eigenvalue weighted by atomic mass is 10.1. The summed E-state index contributed by atoms with van der Waals surface area (Å²) >= 11 is 0. The van der Waals surface area contributed by atoms with Gasteiger partial charge in [0.15, 0.2) is 18.1 Å². The minimum atomic E-state index is -0.672. The molecule has 4 rings (SSSR count). The van der Waals surface area contributed by atoms with Gasteiger partial charge in [-0.25, -0.2) is 4.39 Å². The van der Waals surface area contributed by atoms with Crippen LogP contribution in [0.25, 0.3) is 0 Å². The maximum absolute atomic E-state index is 13.5. The summed E-state index contributed by atoms with van der Waals surface area (Å²) in [6.07, 6.45) is 3.60. The van der Waals surface area contributed by atoms with E-state index in [9.17, 15) is 14.0 Å². The summed E-state index contributed by atoms with van der Waals surface area (Å²) < 4.78 is 30.4. The average molecular weight is 385 g/mol.